The predicted octanol–water partition coefficient (Wildman–Crippen LogP) is 1.65. The lowest BCUT2D eigenvalue weighted by Crippen LogP contribution is -2.32. The lowest BCUT2D eigenvalue weighted by molar-refractivity contribution is -0.129. The standard InChI is InChI=1S/C17H20N2O4/c1-22-14-6-4-13(5-7-14)8-9-18-16(20)11-17(21)19-12-15-3-2-10-23-15/h2-7,10H,8-9,11-12H2,1H3,(H,18,20)(H,19,21). The minimum atomic E-state index is -0.330. The highest BCUT2D eigenvalue weighted by Gasteiger charge is 2.09. The van der Waals surface area contributed by atoms with E-state index in [1.807, 2.05) is 24.3 Å². The van der Waals surface area contributed by atoms with Gasteiger partial charge in [-0.2, -0.15) is 0 Å². The lowest BCUT2D eigenvalue weighted by Gasteiger charge is -2.06. The van der Waals surface area contributed by atoms with E-state index in [2.05, 4.69) is 10.6 Å². The van der Waals surface area contributed by atoms with Crippen molar-refractivity contribution in [3.63, 3.8) is 0 Å². The SMILES string of the molecule is COc1ccc(CCNC(=O)CC(=O)NCc2ccco2)cc1. The molecule has 2 N–H and O–H groups in total. The molecule has 2 aromatic rings. The van der Waals surface area contributed by atoms with E-state index in [1.54, 1.807) is 19.2 Å². The monoisotopic (exact) mass is 316 g/mol. The Kier molecular flexibility index (Phi) is 6.23. The number of nitrogens with one attached hydrogen (secondary N) is 2. The fraction of sp³-hybridized carbons (Fsp3) is 0.294. The van der Waals surface area contributed by atoms with Gasteiger partial charge in [0.2, 0.25) is 11.8 Å². The number of methoxy groups -OCH3 is 1. The van der Waals surface area contributed by atoms with Crippen LogP contribution in [-0.2, 0) is 22.6 Å². The highest BCUT2D eigenvalue weighted by molar-refractivity contribution is 5.96. The number of furan rings is 1. The Morgan fingerprint density at radius 3 is 2.48 bits per heavy atom. The maximum Gasteiger partial charge on any atom is 0.229 e. The van der Waals surface area contributed by atoms with Crippen molar-refractivity contribution in [3.8, 4) is 5.75 Å². The van der Waals surface area contributed by atoms with Gasteiger partial charge in [0.05, 0.1) is 19.9 Å². The third-order valence-corrected chi connectivity index (χ3v) is 3.26. The molecule has 2 rings (SSSR count). The van der Waals surface area contributed by atoms with E-state index in [1.165, 1.54) is 6.26 Å². The molecule has 1 aromatic carbocycles. The summed E-state index contributed by atoms with van der Waals surface area (Å²) >= 11 is 0. The van der Waals surface area contributed by atoms with Crippen LogP contribution < -0.4 is 15.4 Å². The molecule has 23 heavy (non-hydrogen) atoms. The van der Waals surface area contributed by atoms with E-state index >= 15 is 0 Å². The summed E-state index contributed by atoms with van der Waals surface area (Å²) in [5.74, 6) is 0.822. The first-order valence-electron chi connectivity index (χ1n) is 7.36. The van der Waals surface area contributed by atoms with Gasteiger partial charge in [0.1, 0.15) is 17.9 Å². The summed E-state index contributed by atoms with van der Waals surface area (Å²) in [6, 6.07) is 11.1. The average molecular weight is 316 g/mol. The van der Waals surface area contributed by atoms with Gasteiger partial charge in [0.15, 0.2) is 0 Å². The highest BCUT2D eigenvalue weighted by Crippen LogP contribution is 2.11. The molecule has 0 unspecified atom stereocenters. The number of hydrogen-bond acceptors (Lipinski definition) is 4. The van der Waals surface area contributed by atoms with Gasteiger partial charge in [-0.3, -0.25) is 9.59 Å². The zero-order chi connectivity index (χ0) is 16.5. The van der Waals surface area contributed by atoms with E-state index < -0.39 is 0 Å². The maximum absolute atomic E-state index is 11.7. The molecular formula is C17H20N2O4. The first-order chi connectivity index (χ1) is 11.2. The van der Waals surface area contributed by atoms with Crippen LogP contribution in [0.25, 0.3) is 0 Å². The molecule has 0 aliphatic rings. The average Bonchev–Trinajstić information content (AvgIpc) is 3.07. The molecule has 0 saturated heterocycles. The topological polar surface area (TPSA) is 80.6 Å². The van der Waals surface area contributed by atoms with Gasteiger partial charge < -0.3 is 19.8 Å². The fourth-order valence-electron chi connectivity index (χ4n) is 2.01. The number of ether oxygens (including phenoxy) is 1. The zero-order valence-corrected chi connectivity index (χ0v) is 13.0. The van der Waals surface area contributed by atoms with Crippen molar-refractivity contribution in [3.05, 3.63) is 54.0 Å². The third kappa shape index (κ3) is 5.86. The molecule has 0 radical (unpaired) electrons. The summed E-state index contributed by atoms with van der Waals surface area (Å²) in [5, 5.41) is 5.36. The first-order valence-corrected chi connectivity index (χ1v) is 7.36. The van der Waals surface area contributed by atoms with Crippen LogP contribution in [0, 0.1) is 0 Å². The molecule has 0 aliphatic heterocycles. The van der Waals surface area contributed by atoms with Crippen LogP contribution in [0.5, 0.6) is 5.75 Å². The van der Waals surface area contributed by atoms with E-state index in [9.17, 15) is 9.59 Å². The molecule has 0 spiro atoms. The second-order valence-corrected chi connectivity index (χ2v) is 4.98. The van der Waals surface area contributed by atoms with Crippen LogP contribution >= 0.6 is 0 Å². The van der Waals surface area contributed by atoms with E-state index in [0.29, 0.717) is 18.7 Å². The largest absolute Gasteiger partial charge is 0.497 e. The Hall–Kier alpha value is -2.76. The molecular weight excluding hydrogens is 296 g/mol. The number of benzene rings is 1. The summed E-state index contributed by atoms with van der Waals surface area (Å²) in [7, 11) is 1.62. The van der Waals surface area contributed by atoms with Gasteiger partial charge in [-0.05, 0) is 36.2 Å². The molecule has 6 nitrogen and oxygen atoms in total. The molecule has 0 saturated carbocycles. The molecule has 0 atom stereocenters. The van der Waals surface area contributed by atoms with Gasteiger partial charge in [-0.15, -0.1) is 0 Å². The molecule has 122 valence electrons. The van der Waals surface area contributed by atoms with Crippen LogP contribution in [0.2, 0.25) is 0 Å². The third-order valence-electron chi connectivity index (χ3n) is 3.26. The summed E-state index contributed by atoms with van der Waals surface area (Å²) in [6.45, 7) is 0.765. The van der Waals surface area contributed by atoms with Crippen molar-refractivity contribution < 1.29 is 18.7 Å². The van der Waals surface area contributed by atoms with Crippen molar-refractivity contribution in [2.45, 2.75) is 19.4 Å². The van der Waals surface area contributed by atoms with Crippen LogP contribution in [0.3, 0.4) is 0 Å². The predicted molar refractivity (Wildman–Crippen MR) is 84.9 cm³/mol. The number of carbonyl (C=O) groups is 2. The van der Waals surface area contributed by atoms with E-state index in [0.717, 1.165) is 11.3 Å². The Balaban J connectivity index is 1.63. The molecule has 1 aromatic heterocycles. The molecule has 2 amide bonds. The Morgan fingerprint density at radius 2 is 1.83 bits per heavy atom. The van der Waals surface area contributed by atoms with Gasteiger partial charge >= 0.3 is 0 Å². The molecule has 6 heteroatoms. The maximum atomic E-state index is 11.7. The summed E-state index contributed by atoms with van der Waals surface area (Å²) in [4.78, 5) is 23.3. The Bertz CT molecular complexity index is 621. The second-order valence-electron chi connectivity index (χ2n) is 4.98. The number of carbonyl (C=O) groups excluding carboxylic acids is 2. The molecule has 0 aliphatic carbocycles. The van der Waals surface area contributed by atoms with Gasteiger partial charge in [-0.25, -0.2) is 0 Å². The Labute approximate surface area is 134 Å². The van der Waals surface area contributed by atoms with Gasteiger partial charge in [-0.1, -0.05) is 12.1 Å². The number of rotatable bonds is 8. The van der Waals surface area contributed by atoms with E-state index in [4.69, 9.17) is 9.15 Å². The Morgan fingerprint density at radius 1 is 1.09 bits per heavy atom. The molecule has 0 bridgehead atoms. The number of amides is 2. The highest BCUT2D eigenvalue weighted by atomic mass is 16.5. The zero-order valence-electron chi connectivity index (χ0n) is 13.0. The fourth-order valence-corrected chi connectivity index (χ4v) is 2.01. The minimum Gasteiger partial charge on any atom is -0.497 e. The first kappa shape index (κ1) is 16.6. The van der Waals surface area contributed by atoms with Crippen molar-refractivity contribution in [1.82, 2.24) is 10.6 Å². The quantitative estimate of drug-likeness (QED) is 0.726. The van der Waals surface area contributed by atoms with Crippen LogP contribution in [0.4, 0.5) is 0 Å². The number of hydrogen-bond donors (Lipinski definition) is 2. The van der Waals surface area contributed by atoms with Crippen molar-refractivity contribution in [2.75, 3.05) is 13.7 Å². The second kappa shape index (κ2) is 8.63. The van der Waals surface area contributed by atoms with Crippen LogP contribution in [0.15, 0.2) is 47.1 Å². The van der Waals surface area contributed by atoms with Crippen molar-refractivity contribution in [1.29, 1.82) is 0 Å². The summed E-state index contributed by atoms with van der Waals surface area (Å²) in [5.41, 5.74) is 1.09. The normalized spacial score (nSPS) is 10.1. The van der Waals surface area contributed by atoms with Gasteiger partial charge in [0.25, 0.3) is 0 Å². The minimum absolute atomic E-state index is 0.191. The van der Waals surface area contributed by atoms with Gasteiger partial charge in [0, 0.05) is 6.54 Å². The smallest absolute Gasteiger partial charge is 0.229 e. The van der Waals surface area contributed by atoms with Crippen LogP contribution in [-0.4, -0.2) is 25.5 Å². The lowest BCUT2D eigenvalue weighted by atomic mass is 10.1. The summed E-state index contributed by atoms with van der Waals surface area (Å²) < 4.78 is 10.2. The molecule has 1 heterocycles. The molecule has 0 fully saturated rings. The van der Waals surface area contributed by atoms with Crippen LogP contribution in [0.1, 0.15) is 17.7 Å². The van der Waals surface area contributed by atoms with Crippen molar-refractivity contribution in [2.24, 2.45) is 0 Å². The van der Waals surface area contributed by atoms with Crippen molar-refractivity contribution >= 4 is 11.8 Å². The summed E-state index contributed by atoms with van der Waals surface area (Å²) in [6.07, 6.45) is 2.04. The van der Waals surface area contributed by atoms with E-state index in [-0.39, 0.29) is 24.8 Å².